The molecule has 0 bridgehead atoms. The lowest BCUT2D eigenvalue weighted by molar-refractivity contribution is 0.401. The smallest absolute Gasteiger partial charge is 0.238 e. The average Bonchev–Trinajstić information content (AvgIpc) is 3.06. The molecule has 6 heteroatoms. The van der Waals surface area contributed by atoms with Gasteiger partial charge in [0.15, 0.2) is 0 Å². The Morgan fingerprint density at radius 3 is 2.57 bits per heavy atom. The van der Waals surface area contributed by atoms with Crippen LogP contribution in [0.1, 0.15) is 5.56 Å². The number of aromatic nitrogens is 2. The van der Waals surface area contributed by atoms with Gasteiger partial charge in [-0.3, -0.25) is 0 Å². The minimum Gasteiger partial charge on any atom is -0.479 e. The monoisotopic (exact) mass is 370 g/mol. The van der Waals surface area contributed by atoms with Crippen LogP contribution >= 0.6 is 0 Å². The summed E-state index contributed by atoms with van der Waals surface area (Å²) in [7, 11) is 3.55. The first-order valence-electron chi connectivity index (χ1n) is 8.66. The molecule has 0 aliphatic rings. The van der Waals surface area contributed by atoms with Gasteiger partial charge in [0.2, 0.25) is 5.88 Å². The molecule has 0 unspecified atom stereocenters. The largest absolute Gasteiger partial charge is 0.479 e. The average molecular weight is 370 g/mol. The molecule has 0 saturated carbocycles. The van der Waals surface area contributed by atoms with Crippen molar-refractivity contribution in [2.24, 2.45) is 7.05 Å². The quantitative estimate of drug-likeness (QED) is 0.535. The van der Waals surface area contributed by atoms with Crippen LogP contribution in [0, 0.1) is 11.3 Å². The van der Waals surface area contributed by atoms with E-state index in [-0.39, 0.29) is 0 Å². The van der Waals surface area contributed by atoms with E-state index >= 15 is 0 Å². The third-order valence-corrected chi connectivity index (χ3v) is 4.55. The van der Waals surface area contributed by atoms with Crippen molar-refractivity contribution < 1.29 is 9.47 Å². The molecule has 138 valence electrons. The molecule has 0 fully saturated rings. The Labute approximate surface area is 162 Å². The predicted molar refractivity (Wildman–Crippen MR) is 108 cm³/mol. The summed E-state index contributed by atoms with van der Waals surface area (Å²) in [5, 5.41) is 9.96. The fraction of sp³-hybridized carbons (Fsp3) is 0.0909. The lowest BCUT2D eigenvalue weighted by Crippen LogP contribution is -1.92. The maximum Gasteiger partial charge on any atom is 0.238 e. The lowest BCUT2D eigenvalue weighted by atomic mass is 10.0. The number of nitrogens with two attached hydrogens (primary N) is 1. The van der Waals surface area contributed by atoms with Crippen molar-refractivity contribution in [3.63, 3.8) is 0 Å². The number of rotatable bonds is 4. The van der Waals surface area contributed by atoms with Crippen LogP contribution in [-0.4, -0.2) is 16.7 Å². The zero-order chi connectivity index (χ0) is 19.7. The number of aryl methyl sites for hydroxylation is 1. The van der Waals surface area contributed by atoms with E-state index in [1.54, 1.807) is 43.6 Å². The lowest BCUT2D eigenvalue weighted by Gasteiger charge is -2.12. The summed E-state index contributed by atoms with van der Waals surface area (Å²) in [6.07, 6.45) is 3.73. The number of fused-ring (bicyclic) bond motifs is 1. The minimum atomic E-state index is 0.560. The number of ether oxygens (including phenoxy) is 2. The molecule has 0 saturated heterocycles. The summed E-state index contributed by atoms with van der Waals surface area (Å²) in [6.45, 7) is 0. The van der Waals surface area contributed by atoms with Crippen molar-refractivity contribution in [1.29, 1.82) is 5.26 Å². The molecule has 2 heterocycles. The predicted octanol–water partition coefficient (Wildman–Crippen LogP) is 4.50. The van der Waals surface area contributed by atoms with Crippen molar-refractivity contribution in [2.75, 3.05) is 12.8 Å². The van der Waals surface area contributed by atoms with Crippen LogP contribution in [0.4, 0.5) is 5.69 Å². The second-order valence-electron chi connectivity index (χ2n) is 6.36. The van der Waals surface area contributed by atoms with E-state index in [2.05, 4.69) is 11.1 Å². The van der Waals surface area contributed by atoms with Crippen molar-refractivity contribution in [2.45, 2.75) is 0 Å². The van der Waals surface area contributed by atoms with Crippen molar-refractivity contribution in [3.8, 4) is 34.6 Å². The van der Waals surface area contributed by atoms with Gasteiger partial charge in [-0.1, -0.05) is 0 Å². The highest BCUT2D eigenvalue weighted by Gasteiger charge is 2.17. The highest BCUT2D eigenvalue weighted by atomic mass is 16.5. The normalized spacial score (nSPS) is 10.6. The van der Waals surface area contributed by atoms with Crippen LogP contribution in [-0.2, 0) is 7.05 Å². The van der Waals surface area contributed by atoms with E-state index < -0.39 is 0 Å². The first kappa shape index (κ1) is 17.4. The molecule has 0 radical (unpaired) electrons. The van der Waals surface area contributed by atoms with Gasteiger partial charge in [-0.25, -0.2) is 4.98 Å². The summed E-state index contributed by atoms with van der Waals surface area (Å²) < 4.78 is 13.5. The summed E-state index contributed by atoms with van der Waals surface area (Å²) >= 11 is 0. The molecule has 2 aromatic carbocycles. The molecule has 4 aromatic rings. The van der Waals surface area contributed by atoms with Gasteiger partial charge in [0.25, 0.3) is 0 Å². The Kier molecular flexibility index (Phi) is 4.34. The van der Waals surface area contributed by atoms with Crippen molar-refractivity contribution in [3.05, 3.63) is 66.5 Å². The maximum absolute atomic E-state index is 8.96. The Morgan fingerprint density at radius 1 is 1.07 bits per heavy atom. The Hall–Kier alpha value is -3.98. The zero-order valence-electron chi connectivity index (χ0n) is 15.5. The Morgan fingerprint density at radius 2 is 1.86 bits per heavy atom. The number of benzene rings is 2. The van der Waals surface area contributed by atoms with Gasteiger partial charge in [0.05, 0.1) is 18.7 Å². The van der Waals surface area contributed by atoms with E-state index in [4.69, 9.17) is 20.5 Å². The molecule has 0 atom stereocenters. The number of hydrogen-bond donors (Lipinski definition) is 1. The van der Waals surface area contributed by atoms with Gasteiger partial charge in [-0.15, -0.1) is 0 Å². The fourth-order valence-electron chi connectivity index (χ4n) is 3.26. The third kappa shape index (κ3) is 2.99. The maximum atomic E-state index is 8.96. The number of nitrogen functional groups attached to an aromatic ring is 1. The Balaban J connectivity index is 1.85. The van der Waals surface area contributed by atoms with Crippen LogP contribution in [0.15, 0.2) is 60.9 Å². The van der Waals surface area contributed by atoms with E-state index in [0.717, 1.165) is 22.0 Å². The highest BCUT2D eigenvalue weighted by Crippen LogP contribution is 2.40. The van der Waals surface area contributed by atoms with Crippen LogP contribution in [0.2, 0.25) is 0 Å². The van der Waals surface area contributed by atoms with Crippen LogP contribution in [0.3, 0.4) is 0 Å². The molecule has 28 heavy (non-hydrogen) atoms. The fourth-order valence-corrected chi connectivity index (χ4v) is 3.26. The van der Waals surface area contributed by atoms with E-state index in [0.29, 0.717) is 28.6 Å². The zero-order valence-corrected chi connectivity index (χ0v) is 15.5. The topological polar surface area (TPSA) is 86.1 Å². The third-order valence-electron chi connectivity index (χ3n) is 4.55. The number of methoxy groups -OCH3 is 1. The second kappa shape index (κ2) is 6.97. The molecule has 2 N–H and O–H groups in total. The SMILES string of the molecule is COc1nccc2c(-c3cc(N)ccc3Oc3ccc(C#N)cc3)cn(C)c12. The first-order valence-corrected chi connectivity index (χ1v) is 8.66. The summed E-state index contributed by atoms with van der Waals surface area (Å²) in [4.78, 5) is 4.29. The molecular weight excluding hydrogens is 352 g/mol. The molecule has 4 rings (SSSR count). The van der Waals surface area contributed by atoms with Gasteiger partial charge < -0.3 is 19.8 Å². The van der Waals surface area contributed by atoms with E-state index in [9.17, 15) is 0 Å². The number of hydrogen-bond acceptors (Lipinski definition) is 5. The molecule has 0 aliphatic heterocycles. The van der Waals surface area contributed by atoms with E-state index in [1.165, 1.54) is 0 Å². The Bertz CT molecular complexity index is 1200. The number of nitrogens with zero attached hydrogens (tertiary/aromatic N) is 3. The van der Waals surface area contributed by atoms with Crippen molar-refractivity contribution in [1.82, 2.24) is 9.55 Å². The molecule has 0 aliphatic carbocycles. The number of nitriles is 1. The number of pyridine rings is 1. The molecular formula is C22H18N4O2. The summed E-state index contributed by atoms with van der Waals surface area (Å²) in [6, 6.07) is 16.6. The van der Waals surface area contributed by atoms with E-state index in [1.807, 2.05) is 36.0 Å². The summed E-state index contributed by atoms with van der Waals surface area (Å²) in [5.74, 6) is 1.87. The van der Waals surface area contributed by atoms with Gasteiger partial charge in [0.1, 0.15) is 17.0 Å². The van der Waals surface area contributed by atoms with Gasteiger partial charge >= 0.3 is 0 Å². The van der Waals surface area contributed by atoms with Gasteiger partial charge in [0, 0.05) is 41.6 Å². The van der Waals surface area contributed by atoms with Gasteiger partial charge in [-0.2, -0.15) is 5.26 Å². The summed E-state index contributed by atoms with van der Waals surface area (Å²) in [5.41, 5.74) is 10.0. The van der Waals surface area contributed by atoms with Crippen LogP contribution in [0.25, 0.3) is 22.0 Å². The highest BCUT2D eigenvalue weighted by molar-refractivity contribution is 6.00. The minimum absolute atomic E-state index is 0.560. The number of anilines is 1. The molecule has 2 aromatic heterocycles. The molecule has 6 nitrogen and oxygen atoms in total. The van der Waals surface area contributed by atoms with Crippen LogP contribution < -0.4 is 15.2 Å². The first-order chi connectivity index (χ1) is 13.6. The molecule has 0 spiro atoms. The second-order valence-corrected chi connectivity index (χ2v) is 6.36. The van der Waals surface area contributed by atoms with Crippen LogP contribution in [0.5, 0.6) is 17.4 Å². The van der Waals surface area contributed by atoms with Gasteiger partial charge in [-0.05, 0) is 48.5 Å². The molecule has 0 amide bonds. The standard InChI is InChI=1S/C22H18N4O2/c1-26-13-19(17-9-10-25-22(27-2)21(17)26)18-11-15(24)5-8-20(18)28-16-6-3-14(12-23)4-7-16/h3-11,13H,24H2,1-2H3. The van der Waals surface area contributed by atoms with Crippen molar-refractivity contribution >= 4 is 16.6 Å².